The summed E-state index contributed by atoms with van der Waals surface area (Å²) in [5, 5.41) is 3.13. The minimum absolute atomic E-state index is 0.0653. The second kappa shape index (κ2) is 11.3. The third-order valence-corrected chi connectivity index (χ3v) is 6.87. The van der Waals surface area contributed by atoms with Gasteiger partial charge in [0.1, 0.15) is 11.9 Å². The van der Waals surface area contributed by atoms with Crippen LogP contribution in [0.2, 0.25) is 0 Å². The van der Waals surface area contributed by atoms with Crippen LogP contribution in [0.1, 0.15) is 49.3 Å². The van der Waals surface area contributed by atoms with Crippen LogP contribution in [0.5, 0.6) is 0 Å². The van der Waals surface area contributed by atoms with E-state index in [0.717, 1.165) is 42.4 Å². The van der Waals surface area contributed by atoms with E-state index in [4.69, 9.17) is 0 Å². The topological polar surface area (TPSA) is 49.4 Å². The van der Waals surface area contributed by atoms with E-state index in [9.17, 15) is 14.0 Å². The predicted molar refractivity (Wildman–Crippen MR) is 124 cm³/mol. The number of benzene rings is 2. The summed E-state index contributed by atoms with van der Waals surface area (Å²) in [4.78, 5) is 27.7. The van der Waals surface area contributed by atoms with Gasteiger partial charge in [-0.25, -0.2) is 4.39 Å². The van der Waals surface area contributed by atoms with Crippen LogP contribution in [0.3, 0.4) is 0 Å². The van der Waals surface area contributed by atoms with Crippen LogP contribution in [-0.4, -0.2) is 34.6 Å². The van der Waals surface area contributed by atoms with E-state index in [1.807, 2.05) is 38.1 Å². The van der Waals surface area contributed by atoms with Crippen molar-refractivity contribution in [2.75, 3.05) is 5.75 Å². The number of nitrogens with one attached hydrogen (secondary N) is 1. The van der Waals surface area contributed by atoms with Crippen molar-refractivity contribution in [1.82, 2.24) is 10.2 Å². The molecule has 0 spiro atoms. The molecule has 0 saturated heterocycles. The van der Waals surface area contributed by atoms with E-state index in [0.29, 0.717) is 12.3 Å². The van der Waals surface area contributed by atoms with Gasteiger partial charge in [-0.15, -0.1) is 11.8 Å². The Morgan fingerprint density at radius 3 is 2.48 bits per heavy atom. The van der Waals surface area contributed by atoms with Gasteiger partial charge in [-0.05, 0) is 55.5 Å². The molecule has 1 atom stereocenters. The summed E-state index contributed by atoms with van der Waals surface area (Å²) in [7, 11) is 0. The van der Waals surface area contributed by atoms with Crippen LogP contribution in [0.4, 0.5) is 4.39 Å². The zero-order valence-corrected chi connectivity index (χ0v) is 19.1. The molecule has 1 fully saturated rings. The van der Waals surface area contributed by atoms with Crippen molar-refractivity contribution in [2.24, 2.45) is 0 Å². The number of carbonyl (C=O) groups excluding carboxylic acids is 2. The van der Waals surface area contributed by atoms with Crippen molar-refractivity contribution in [1.29, 1.82) is 0 Å². The van der Waals surface area contributed by atoms with Gasteiger partial charge in [0, 0.05) is 18.3 Å². The van der Waals surface area contributed by atoms with Gasteiger partial charge < -0.3 is 10.2 Å². The fourth-order valence-electron chi connectivity index (χ4n) is 3.87. The molecule has 1 N–H and O–H groups in total. The molecule has 0 radical (unpaired) electrons. The van der Waals surface area contributed by atoms with Crippen LogP contribution < -0.4 is 5.32 Å². The molecule has 4 nitrogen and oxygen atoms in total. The van der Waals surface area contributed by atoms with Crippen molar-refractivity contribution in [3.63, 3.8) is 0 Å². The van der Waals surface area contributed by atoms with E-state index in [1.165, 1.54) is 23.9 Å². The highest BCUT2D eigenvalue weighted by atomic mass is 32.2. The Kier molecular flexibility index (Phi) is 8.52. The standard InChI is InChI=1S/C25H31FN2O2S/c1-18-7-3-4-8-21(18)15-28(19(2)25(30)27-23-9-5-6-10-23)24(29)17-31-16-20-11-13-22(26)14-12-20/h3-4,7-8,11-14,19,23H,5-6,9-10,15-17H2,1-2H3,(H,27,30)/t19-/m0/s1. The zero-order valence-electron chi connectivity index (χ0n) is 18.3. The van der Waals surface area contributed by atoms with Gasteiger partial charge in [0.25, 0.3) is 0 Å². The summed E-state index contributed by atoms with van der Waals surface area (Å²) in [6.07, 6.45) is 4.31. The summed E-state index contributed by atoms with van der Waals surface area (Å²) in [6, 6.07) is 13.9. The Morgan fingerprint density at radius 1 is 1.13 bits per heavy atom. The first-order valence-corrected chi connectivity index (χ1v) is 12.1. The van der Waals surface area contributed by atoms with Gasteiger partial charge in [0.2, 0.25) is 11.8 Å². The number of thioether (sulfide) groups is 1. The average Bonchev–Trinajstić information content (AvgIpc) is 3.27. The molecule has 0 bridgehead atoms. The molecule has 1 saturated carbocycles. The largest absolute Gasteiger partial charge is 0.352 e. The maximum atomic E-state index is 13.2. The van der Waals surface area contributed by atoms with Crippen LogP contribution in [-0.2, 0) is 21.9 Å². The van der Waals surface area contributed by atoms with Crippen LogP contribution in [0, 0.1) is 12.7 Å². The summed E-state index contributed by atoms with van der Waals surface area (Å²) >= 11 is 1.48. The Hall–Kier alpha value is -2.34. The number of aryl methyl sites for hydroxylation is 1. The van der Waals surface area contributed by atoms with Gasteiger partial charge in [0.15, 0.2) is 0 Å². The van der Waals surface area contributed by atoms with Crippen molar-refractivity contribution in [3.8, 4) is 0 Å². The fourth-order valence-corrected chi connectivity index (χ4v) is 4.74. The fraction of sp³-hybridized carbons (Fsp3) is 0.440. The minimum Gasteiger partial charge on any atom is -0.352 e. The molecule has 2 amide bonds. The van der Waals surface area contributed by atoms with Crippen molar-refractivity contribution < 1.29 is 14.0 Å². The third kappa shape index (κ3) is 6.82. The van der Waals surface area contributed by atoms with Gasteiger partial charge in [0.05, 0.1) is 5.75 Å². The first-order chi connectivity index (χ1) is 14.9. The highest BCUT2D eigenvalue weighted by Gasteiger charge is 2.28. The predicted octanol–water partition coefficient (Wildman–Crippen LogP) is 4.84. The molecule has 166 valence electrons. The molecule has 3 rings (SSSR count). The van der Waals surface area contributed by atoms with Crippen LogP contribution in [0.25, 0.3) is 0 Å². The molecule has 2 aromatic carbocycles. The number of amides is 2. The number of rotatable bonds is 9. The number of hydrogen-bond donors (Lipinski definition) is 1. The van der Waals surface area contributed by atoms with E-state index in [-0.39, 0.29) is 29.4 Å². The number of hydrogen-bond acceptors (Lipinski definition) is 3. The second-order valence-electron chi connectivity index (χ2n) is 8.23. The molecular weight excluding hydrogens is 411 g/mol. The highest BCUT2D eigenvalue weighted by molar-refractivity contribution is 7.99. The van der Waals surface area contributed by atoms with Crippen LogP contribution >= 0.6 is 11.8 Å². The molecule has 2 aromatic rings. The van der Waals surface area contributed by atoms with E-state index in [1.54, 1.807) is 17.0 Å². The second-order valence-corrected chi connectivity index (χ2v) is 9.22. The zero-order chi connectivity index (χ0) is 22.2. The first kappa shape index (κ1) is 23.3. The van der Waals surface area contributed by atoms with Gasteiger partial charge in [-0.2, -0.15) is 0 Å². The maximum Gasteiger partial charge on any atom is 0.242 e. The molecule has 31 heavy (non-hydrogen) atoms. The molecule has 0 aliphatic heterocycles. The summed E-state index contributed by atoms with van der Waals surface area (Å²) in [5.41, 5.74) is 3.11. The Labute approximate surface area is 188 Å². The first-order valence-electron chi connectivity index (χ1n) is 10.9. The molecular formula is C25H31FN2O2S. The summed E-state index contributed by atoms with van der Waals surface area (Å²) < 4.78 is 13.1. The summed E-state index contributed by atoms with van der Waals surface area (Å²) in [5.74, 6) is 0.468. The van der Waals surface area contributed by atoms with E-state index < -0.39 is 6.04 Å². The normalized spacial score (nSPS) is 14.9. The molecule has 1 aliphatic carbocycles. The van der Waals surface area contributed by atoms with Crippen molar-refractivity contribution in [3.05, 3.63) is 71.0 Å². The molecule has 6 heteroatoms. The number of carbonyl (C=O) groups is 2. The van der Waals surface area contributed by atoms with Gasteiger partial charge >= 0.3 is 0 Å². The monoisotopic (exact) mass is 442 g/mol. The smallest absolute Gasteiger partial charge is 0.242 e. The minimum atomic E-state index is -0.542. The lowest BCUT2D eigenvalue weighted by atomic mass is 10.1. The van der Waals surface area contributed by atoms with Gasteiger partial charge in [-0.1, -0.05) is 49.2 Å². The molecule has 1 aliphatic rings. The molecule has 0 unspecified atom stereocenters. The Bertz CT molecular complexity index is 881. The Morgan fingerprint density at radius 2 is 1.81 bits per heavy atom. The average molecular weight is 443 g/mol. The lowest BCUT2D eigenvalue weighted by molar-refractivity contribution is -0.139. The SMILES string of the molecule is Cc1ccccc1CN(C(=O)CSCc1ccc(F)cc1)[C@@H](C)C(=O)NC1CCCC1. The van der Waals surface area contributed by atoms with Crippen molar-refractivity contribution in [2.45, 2.75) is 63.9 Å². The van der Waals surface area contributed by atoms with E-state index in [2.05, 4.69) is 5.32 Å². The van der Waals surface area contributed by atoms with E-state index >= 15 is 0 Å². The maximum absolute atomic E-state index is 13.2. The van der Waals surface area contributed by atoms with Crippen LogP contribution in [0.15, 0.2) is 48.5 Å². The Balaban J connectivity index is 1.66. The lowest BCUT2D eigenvalue weighted by Gasteiger charge is -2.30. The molecule has 0 aromatic heterocycles. The summed E-state index contributed by atoms with van der Waals surface area (Å²) in [6.45, 7) is 4.23. The van der Waals surface area contributed by atoms with Gasteiger partial charge in [-0.3, -0.25) is 9.59 Å². The number of halogens is 1. The quantitative estimate of drug-likeness (QED) is 0.604. The number of nitrogens with zero attached hydrogens (tertiary/aromatic N) is 1. The third-order valence-electron chi connectivity index (χ3n) is 5.88. The molecule has 0 heterocycles. The lowest BCUT2D eigenvalue weighted by Crippen LogP contribution is -2.50. The van der Waals surface area contributed by atoms with Crippen molar-refractivity contribution >= 4 is 23.6 Å². The highest BCUT2D eigenvalue weighted by Crippen LogP contribution is 2.20.